The zero-order chi connectivity index (χ0) is 14.9. The molecule has 0 saturated heterocycles. The van der Waals surface area contributed by atoms with E-state index >= 15 is 0 Å². The molecule has 0 unspecified atom stereocenters. The van der Waals surface area contributed by atoms with Crippen molar-refractivity contribution in [3.63, 3.8) is 0 Å². The molecule has 0 atom stereocenters. The number of aromatic nitrogens is 1. The van der Waals surface area contributed by atoms with E-state index in [0.29, 0.717) is 10.7 Å². The zero-order valence-electron chi connectivity index (χ0n) is 11.7. The van der Waals surface area contributed by atoms with E-state index in [2.05, 4.69) is 4.98 Å². The van der Waals surface area contributed by atoms with Gasteiger partial charge in [0, 0.05) is 24.5 Å². The van der Waals surface area contributed by atoms with E-state index in [9.17, 15) is 9.90 Å². The lowest BCUT2D eigenvalue weighted by molar-refractivity contribution is 0.0368. The molecule has 0 spiro atoms. The number of pyridine rings is 1. The van der Waals surface area contributed by atoms with Crippen molar-refractivity contribution in [2.24, 2.45) is 0 Å². The highest BCUT2D eigenvalue weighted by molar-refractivity contribution is 6.29. The highest BCUT2D eigenvalue weighted by Crippen LogP contribution is 2.18. The third-order valence-corrected chi connectivity index (χ3v) is 3.08. The number of halogens is 1. The molecule has 0 aliphatic carbocycles. The van der Waals surface area contributed by atoms with Crippen molar-refractivity contribution >= 4 is 28.4 Å². The summed E-state index contributed by atoms with van der Waals surface area (Å²) in [6.45, 7) is 3.61. The summed E-state index contributed by atoms with van der Waals surface area (Å²) in [5, 5.41) is 11.1. The Labute approximate surface area is 123 Å². The predicted molar refractivity (Wildman–Crippen MR) is 80.0 cm³/mol. The van der Waals surface area contributed by atoms with Crippen molar-refractivity contribution < 1.29 is 9.90 Å². The molecule has 1 N–H and O–H groups in total. The van der Waals surface area contributed by atoms with Gasteiger partial charge in [0.05, 0.1) is 11.1 Å². The van der Waals surface area contributed by atoms with Gasteiger partial charge in [0.1, 0.15) is 5.15 Å². The Morgan fingerprint density at radius 3 is 2.70 bits per heavy atom. The Morgan fingerprint density at radius 2 is 2.05 bits per heavy atom. The zero-order valence-corrected chi connectivity index (χ0v) is 12.5. The van der Waals surface area contributed by atoms with E-state index in [1.54, 1.807) is 45.2 Å². The molecule has 20 heavy (non-hydrogen) atoms. The molecular weight excluding hydrogens is 276 g/mol. The largest absolute Gasteiger partial charge is 0.389 e. The molecule has 0 radical (unpaired) electrons. The number of carbonyl (C=O) groups excluding carboxylic acids is 1. The number of aliphatic hydroxyl groups is 1. The van der Waals surface area contributed by atoms with Crippen molar-refractivity contribution in [2.75, 3.05) is 13.6 Å². The summed E-state index contributed by atoms with van der Waals surface area (Å²) in [5.74, 6) is -0.135. The number of nitrogens with zero attached hydrogens (tertiary/aromatic N) is 2. The maximum Gasteiger partial charge on any atom is 0.253 e. The number of carbonyl (C=O) groups is 1. The first-order valence-corrected chi connectivity index (χ1v) is 6.68. The third kappa shape index (κ3) is 3.46. The average molecular weight is 293 g/mol. The quantitative estimate of drug-likeness (QED) is 0.885. The van der Waals surface area contributed by atoms with Crippen molar-refractivity contribution in [1.29, 1.82) is 0 Å². The maximum atomic E-state index is 12.3. The van der Waals surface area contributed by atoms with Crippen molar-refractivity contribution in [1.82, 2.24) is 9.88 Å². The molecule has 0 aliphatic heterocycles. The minimum Gasteiger partial charge on any atom is -0.389 e. The lowest BCUT2D eigenvalue weighted by Gasteiger charge is -2.25. The summed E-state index contributed by atoms with van der Waals surface area (Å²) < 4.78 is 0. The van der Waals surface area contributed by atoms with Crippen molar-refractivity contribution in [2.45, 2.75) is 19.4 Å². The van der Waals surface area contributed by atoms with E-state index < -0.39 is 5.60 Å². The summed E-state index contributed by atoms with van der Waals surface area (Å²) in [6.07, 6.45) is 0. The van der Waals surface area contributed by atoms with Crippen LogP contribution in [0.25, 0.3) is 10.9 Å². The van der Waals surface area contributed by atoms with Crippen molar-refractivity contribution in [3.8, 4) is 0 Å². The fourth-order valence-corrected chi connectivity index (χ4v) is 2.26. The summed E-state index contributed by atoms with van der Waals surface area (Å²) in [5.41, 5.74) is 0.392. The number of benzene rings is 1. The minimum atomic E-state index is -0.920. The molecule has 1 heterocycles. The lowest BCUT2D eigenvalue weighted by Crippen LogP contribution is -2.39. The fourth-order valence-electron chi connectivity index (χ4n) is 2.11. The summed E-state index contributed by atoms with van der Waals surface area (Å²) in [4.78, 5) is 18.0. The van der Waals surface area contributed by atoms with Crippen LogP contribution in [0, 0.1) is 0 Å². The van der Waals surface area contributed by atoms with Crippen LogP contribution in [-0.2, 0) is 0 Å². The maximum absolute atomic E-state index is 12.3. The molecule has 106 valence electrons. The number of fused-ring (bicyclic) bond motifs is 1. The van der Waals surface area contributed by atoms with Gasteiger partial charge < -0.3 is 10.0 Å². The van der Waals surface area contributed by atoms with Crippen LogP contribution in [0.1, 0.15) is 24.2 Å². The Balaban J connectivity index is 2.29. The molecule has 2 rings (SSSR count). The molecule has 2 aromatic rings. The van der Waals surface area contributed by atoms with Crippen LogP contribution in [0.4, 0.5) is 0 Å². The van der Waals surface area contributed by atoms with Gasteiger partial charge in [-0.05, 0) is 44.2 Å². The van der Waals surface area contributed by atoms with Crippen LogP contribution in [0.5, 0.6) is 0 Å². The third-order valence-electron chi connectivity index (χ3n) is 2.87. The molecule has 0 saturated carbocycles. The van der Waals surface area contributed by atoms with E-state index in [-0.39, 0.29) is 12.5 Å². The first-order valence-electron chi connectivity index (χ1n) is 6.30. The molecule has 1 amide bonds. The first-order chi connectivity index (χ1) is 9.26. The molecule has 0 bridgehead atoms. The van der Waals surface area contributed by atoms with Gasteiger partial charge in [-0.25, -0.2) is 4.98 Å². The normalized spacial score (nSPS) is 11.7. The Morgan fingerprint density at radius 1 is 1.35 bits per heavy atom. The summed E-state index contributed by atoms with van der Waals surface area (Å²) >= 11 is 5.83. The molecule has 0 aliphatic rings. The first kappa shape index (κ1) is 14.8. The van der Waals surface area contributed by atoms with Crippen molar-refractivity contribution in [3.05, 3.63) is 41.0 Å². The second-order valence-electron chi connectivity index (χ2n) is 5.52. The van der Waals surface area contributed by atoms with Gasteiger partial charge in [0.25, 0.3) is 5.91 Å². The SMILES string of the molecule is CN(CC(C)(C)O)C(=O)c1ccc2nc(Cl)ccc2c1. The Bertz CT molecular complexity index is 650. The topological polar surface area (TPSA) is 53.4 Å². The number of likely N-dealkylation sites (N-methyl/N-ethyl adjacent to an activating group) is 1. The average Bonchev–Trinajstić information content (AvgIpc) is 2.35. The standard InChI is InChI=1S/C15H17ClN2O2/c1-15(2,20)9-18(3)14(19)11-4-6-12-10(8-11)5-7-13(16)17-12/h4-8,20H,9H2,1-3H3. The van der Waals surface area contributed by atoms with Crippen LogP contribution in [-0.4, -0.2) is 40.1 Å². The van der Waals surface area contributed by atoms with Crippen LogP contribution >= 0.6 is 11.6 Å². The van der Waals surface area contributed by atoms with E-state index in [1.807, 2.05) is 6.07 Å². The van der Waals surface area contributed by atoms with E-state index in [0.717, 1.165) is 10.9 Å². The van der Waals surface area contributed by atoms with Crippen LogP contribution in [0.2, 0.25) is 5.15 Å². The van der Waals surface area contributed by atoms with E-state index in [4.69, 9.17) is 11.6 Å². The highest BCUT2D eigenvalue weighted by Gasteiger charge is 2.20. The summed E-state index contributed by atoms with van der Waals surface area (Å²) in [6, 6.07) is 8.79. The smallest absolute Gasteiger partial charge is 0.253 e. The molecule has 1 aromatic carbocycles. The van der Waals surface area contributed by atoms with E-state index in [1.165, 1.54) is 4.90 Å². The van der Waals surface area contributed by atoms with Crippen LogP contribution in [0.3, 0.4) is 0 Å². The fraction of sp³-hybridized carbons (Fsp3) is 0.333. The number of amides is 1. The lowest BCUT2D eigenvalue weighted by atomic mass is 10.1. The molecule has 0 fully saturated rings. The number of rotatable bonds is 3. The van der Waals surface area contributed by atoms with Gasteiger partial charge in [-0.15, -0.1) is 0 Å². The van der Waals surface area contributed by atoms with Crippen LogP contribution in [0.15, 0.2) is 30.3 Å². The minimum absolute atomic E-state index is 0.135. The molecule has 5 heteroatoms. The highest BCUT2D eigenvalue weighted by atomic mass is 35.5. The molecule has 1 aromatic heterocycles. The second-order valence-corrected chi connectivity index (χ2v) is 5.90. The van der Waals surface area contributed by atoms with Gasteiger partial charge in [0.15, 0.2) is 0 Å². The number of hydrogen-bond donors (Lipinski definition) is 1. The predicted octanol–water partition coefficient (Wildman–Crippen LogP) is 2.73. The number of hydrogen-bond acceptors (Lipinski definition) is 3. The molecule has 4 nitrogen and oxygen atoms in total. The van der Waals surface area contributed by atoms with Gasteiger partial charge in [-0.2, -0.15) is 0 Å². The van der Waals surface area contributed by atoms with Gasteiger partial charge in [-0.3, -0.25) is 4.79 Å². The monoisotopic (exact) mass is 292 g/mol. The van der Waals surface area contributed by atoms with Crippen LogP contribution < -0.4 is 0 Å². The summed E-state index contributed by atoms with van der Waals surface area (Å²) in [7, 11) is 1.67. The van der Waals surface area contributed by atoms with Gasteiger partial charge in [0.2, 0.25) is 0 Å². The van der Waals surface area contributed by atoms with Gasteiger partial charge >= 0.3 is 0 Å². The Kier molecular flexibility index (Phi) is 3.97. The molecular formula is C15H17ClN2O2. The Hall–Kier alpha value is -1.65. The van der Waals surface area contributed by atoms with Gasteiger partial charge in [-0.1, -0.05) is 11.6 Å². The second kappa shape index (κ2) is 5.38.